The summed E-state index contributed by atoms with van der Waals surface area (Å²) >= 11 is 0. The quantitative estimate of drug-likeness (QED) is 0.682. The van der Waals surface area contributed by atoms with Crippen LogP contribution in [0.3, 0.4) is 0 Å². The van der Waals surface area contributed by atoms with Gasteiger partial charge in [-0.3, -0.25) is 15.2 Å². The van der Waals surface area contributed by atoms with Gasteiger partial charge in [-0.1, -0.05) is 0 Å². The second kappa shape index (κ2) is 4.01. The summed E-state index contributed by atoms with van der Waals surface area (Å²) in [6.07, 6.45) is 1.44. The van der Waals surface area contributed by atoms with E-state index in [9.17, 15) is 4.79 Å². The van der Waals surface area contributed by atoms with E-state index in [2.05, 4.69) is 30.7 Å². The molecule has 0 saturated heterocycles. The summed E-state index contributed by atoms with van der Waals surface area (Å²) in [5.74, 6) is -0.0903. The van der Waals surface area contributed by atoms with Crippen LogP contribution in [0.25, 0.3) is 0 Å². The Bertz CT molecular complexity index is 502. The SMILES string of the molecule is COc1n[nH]c(NC(=O)c2cn[nH]c2C)n1. The van der Waals surface area contributed by atoms with E-state index in [0.717, 1.165) is 0 Å². The van der Waals surface area contributed by atoms with Crippen LogP contribution in [0, 0.1) is 6.92 Å². The van der Waals surface area contributed by atoms with E-state index >= 15 is 0 Å². The molecule has 0 aliphatic rings. The standard InChI is InChI=1S/C8H10N6O2/c1-4-5(3-9-12-4)6(15)10-7-11-8(16-2)14-13-7/h3H,1-2H3,(H,9,12)(H2,10,11,13,14,15). The third-order valence-electron chi connectivity index (χ3n) is 1.95. The molecule has 0 saturated carbocycles. The number of nitrogens with one attached hydrogen (secondary N) is 3. The third-order valence-corrected chi connectivity index (χ3v) is 1.95. The lowest BCUT2D eigenvalue weighted by molar-refractivity contribution is 0.102. The van der Waals surface area contributed by atoms with E-state index in [1.54, 1.807) is 6.92 Å². The first kappa shape index (κ1) is 10.1. The first-order valence-electron chi connectivity index (χ1n) is 4.48. The Morgan fingerprint density at radius 2 is 2.31 bits per heavy atom. The molecule has 0 unspecified atom stereocenters. The first-order chi connectivity index (χ1) is 7.70. The number of carbonyl (C=O) groups is 1. The van der Waals surface area contributed by atoms with E-state index in [-0.39, 0.29) is 17.9 Å². The lowest BCUT2D eigenvalue weighted by Crippen LogP contribution is -2.13. The highest BCUT2D eigenvalue weighted by atomic mass is 16.5. The highest BCUT2D eigenvalue weighted by Crippen LogP contribution is 2.08. The zero-order chi connectivity index (χ0) is 11.5. The number of aromatic nitrogens is 5. The van der Waals surface area contributed by atoms with Gasteiger partial charge in [0.2, 0.25) is 5.95 Å². The van der Waals surface area contributed by atoms with Gasteiger partial charge in [0.15, 0.2) is 0 Å². The Labute approximate surface area is 90.4 Å². The number of hydrogen-bond acceptors (Lipinski definition) is 5. The Balaban J connectivity index is 2.11. The van der Waals surface area contributed by atoms with Gasteiger partial charge in [-0.25, -0.2) is 5.10 Å². The van der Waals surface area contributed by atoms with Crippen molar-refractivity contribution in [2.75, 3.05) is 12.4 Å². The predicted octanol–water partition coefficient (Wildman–Crippen LogP) is 0.0971. The van der Waals surface area contributed by atoms with E-state index < -0.39 is 0 Å². The highest BCUT2D eigenvalue weighted by molar-refractivity contribution is 6.03. The number of hydrogen-bond donors (Lipinski definition) is 3. The van der Waals surface area contributed by atoms with Crippen LogP contribution in [0.15, 0.2) is 6.20 Å². The molecular weight excluding hydrogens is 212 g/mol. The van der Waals surface area contributed by atoms with Crippen molar-refractivity contribution in [3.63, 3.8) is 0 Å². The van der Waals surface area contributed by atoms with E-state index in [1.807, 2.05) is 0 Å². The minimum Gasteiger partial charge on any atom is -0.466 e. The van der Waals surface area contributed by atoms with Crippen LogP contribution in [0.1, 0.15) is 16.1 Å². The fourth-order valence-corrected chi connectivity index (χ4v) is 1.15. The van der Waals surface area contributed by atoms with Crippen molar-refractivity contribution in [1.82, 2.24) is 25.4 Å². The summed E-state index contributed by atoms with van der Waals surface area (Å²) in [6.45, 7) is 1.75. The van der Waals surface area contributed by atoms with Gasteiger partial charge >= 0.3 is 6.01 Å². The van der Waals surface area contributed by atoms with Gasteiger partial charge in [0.1, 0.15) is 0 Å². The summed E-state index contributed by atoms with van der Waals surface area (Å²) < 4.78 is 4.77. The molecule has 0 spiro atoms. The number of methoxy groups -OCH3 is 1. The number of H-pyrrole nitrogens is 2. The average Bonchev–Trinajstić information content (AvgIpc) is 2.86. The fraction of sp³-hybridized carbons (Fsp3) is 0.250. The molecule has 2 aromatic rings. The highest BCUT2D eigenvalue weighted by Gasteiger charge is 2.13. The largest absolute Gasteiger partial charge is 0.466 e. The maximum atomic E-state index is 11.7. The van der Waals surface area contributed by atoms with Gasteiger partial charge in [0, 0.05) is 5.69 Å². The molecule has 3 N–H and O–H groups in total. The summed E-state index contributed by atoms with van der Waals surface area (Å²) in [5, 5.41) is 15.2. The molecule has 2 heterocycles. The van der Waals surface area contributed by atoms with Crippen molar-refractivity contribution >= 4 is 11.9 Å². The molecule has 16 heavy (non-hydrogen) atoms. The molecule has 2 aromatic heterocycles. The number of anilines is 1. The van der Waals surface area contributed by atoms with Crippen LogP contribution in [0.4, 0.5) is 5.95 Å². The van der Waals surface area contributed by atoms with Gasteiger partial charge in [-0.05, 0) is 6.92 Å². The molecular formula is C8H10N6O2. The van der Waals surface area contributed by atoms with Crippen LogP contribution in [-0.2, 0) is 0 Å². The second-order valence-corrected chi connectivity index (χ2v) is 3.03. The summed E-state index contributed by atoms with van der Waals surface area (Å²) in [4.78, 5) is 15.6. The van der Waals surface area contributed by atoms with Crippen LogP contribution in [0.5, 0.6) is 6.01 Å². The van der Waals surface area contributed by atoms with E-state index in [4.69, 9.17) is 4.74 Å². The second-order valence-electron chi connectivity index (χ2n) is 3.03. The number of carbonyl (C=O) groups excluding carboxylic acids is 1. The fourth-order valence-electron chi connectivity index (χ4n) is 1.15. The molecule has 2 rings (SSSR count). The topological polar surface area (TPSA) is 109 Å². The Hall–Kier alpha value is -2.38. The van der Waals surface area contributed by atoms with Gasteiger partial charge < -0.3 is 4.74 Å². The Morgan fingerprint density at radius 3 is 2.88 bits per heavy atom. The first-order valence-corrected chi connectivity index (χ1v) is 4.48. The number of ether oxygens (including phenoxy) is 1. The third kappa shape index (κ3) is 1.85. The molecule has 0 bridgehead atoms. The zero-order valence-electron chi connectivity index (χ0n) is 8.74. The molecule has 0 atom stereocenters. The maximum absolute atomic E-state index is 11.7. The molecule has 8 nitrogen and oxygen atoms in total. The van der Waals surface area contributed by atoms with Crippen molar-refractivity contribution in [2.24, 2.45) is 0 Å². The van der Waals surface area contributed by atoms with E-state index in [0.29, 0.717) is 11.3 Å². The van der Waals surface area contributed by atoms with Crippen molar-refractivity contribution in [3.8, 4) is 6.01 Å². The van der Waals surface area contributed by atoms with Gasteiger partial charge in [0.05, 0.1) is 18.9 Å². The number of nitrogens with zero attached hydrogens (tertiary/aromatic N) is 3. The molecule has 0 aliphatic carbocycles. The Kier molecular flexibility index (Phi) is 2.54. The summed E-state index contributed by atoms with van der Waals surface area (Å²) in [5.41, 5.74) is 1.14. The molecule has 0 radical (unpaired) electrons. The number of aromatic amines is 2. The van der Waals surface area contributed by atoms with Crippen molar-refractivity contribution in [3.05, 3.63) is 17.5 Å². The van der Waals surface area contributed by atoms with Gasteiger partial charge in [-0.2, -0.15) is 10.1 Å². The lowest BCUT2D eigenvalue weighted by atomic mass is 10.2. The Morgan fingerprint density at radius 1 is 1.50 bits per heavy atom. The normalized spacial score (nSPS) is 10.1. The van der Waals surface area contributed by atoms with Gasteiger partial charge in [0.25, 0.3) is 5.91 Å². The lowest BCUT2D eigenvalue weighted by Gasteiger charge is -1.98. The minimum absolute atomic E-state index is 0.166. The molecule has 1 amide bonds. The molecule has 84 valence electrons. The summed E-state index contributed by atoms with van der Waals surface area (Å²) in [7, 11) is 1.44. The zero-order valence-corrected chi connectivity index (χ0v) is 8.74. The molecule has 0 aromatic carbocycles. The number of aryl methyl sites for hydroxylation is 1. The van der Waals surface area contributed by atoms with E-state index in [1.165, 1.54) is 13.3 Å². The van der Waals surface area contributed by atoms with Crippen LogP contribution < -0.4 is 10.1 Å². The van der Waals surface area contributed by atoms with Crippen LogP contribution in [-0.4, -0.2) is 38.4 Å². The minimum atomic E-state index is -0.315. The number of rotatable bonds is 3. The smallest absolute Gasteiger partial charge is 0.336 e. The predicted molar refractivity (Wildman–Crippen MR) is 54.2 cm³/mol. The molecule has 0 fully saturated rings. The summed E-state index contributed by atoms with van der Waals surface area (Å²) in [6, 6.07) is 0.166. The molecule has 0 aliphatic heterocycles. The van der Waals surface area contributed by atoms with Crippen LogP contribution >= 0.6 is 0 Å². The van der Waals surface area contributed by atoms with Crippen LogP contribution in [0.2, 0.25) is 0 Å². The monoisotopic (exact) mass is 222 g/mol. The van der Waals surface area contributed by atoms with Gasteiger partial charge in [-0.15, -0.1) is 5.10 Å². The van der Waals surface area contributed by atoms with Crippen molar-refractivity contribution in [2.45, 2.75) is 6.92 Å². The number of amides is 1. The average molecular weight is 222 g/mol. The van der Waals surface area contributed by atoms with Crippen molar-refractivity contribution in [1.29, 1.82) is 0 Å². The van der Waals surface area contributed by atoms with Crippen molar-refractivity contribution < 1.29 is 9.53 Å². The maximum Gasteiger partial charge on any atom is 0.336 e. The molecule has 8 heteroatoms.